The van der Waals surface area contributed by atoms with Gasteiger partial charge in [0.1, 0.15) is 0 Å². The Bertz CT molecular complexity index is 578. The molecule has 0 fully saturated rings. The van der Waals surface area contributed by atoms with Gasteiger partial charge in [0, 0.05) is 23.8 Å². The number of carbonyl (C=O) groups excluding carboxylic acids is 1. The van der Waals surface area contributed by atoms with E-state index in [4.69, 9.17) is 0 Å². The summed E-state index contributed by atoms with van der Waals surface area (Å²) >= 11 is 5.12. The van der Waals surface area contributed by atoms with Crippen LogP contribution in [0.25, 0.3) is 0 Å². The van der Waals surface area contributed by atoms with Gasteiger partial charge in [0.15, 0.2) is 0 Å². The first kappa shape index (κ1) is 15.1. The molecule has 20 heavy (non-hydrogen) atoms. The van der Waals surface area contributed by atoms with E-state index in [2.05, 4.69) is 38.0 Å². The van der Waals surface area contributed by atoms with Crippen molar-refractivity contribution < 1.29 is 4.79 Å². The molecule has 0 bridgehead atoms. The molecule has 0 unspecified atom stereocenters. The van der Waals surface area contributed by atoms with E-state index < -0.39 is 0 Å². The molecule has 0 radical (unpaired) electrons. The van der Waals surface area contributed by atoms with Crippen LogP contribution >= 0.6 is 27.3 Å². The lowest BCUT2D eigenvalue weighted by Gasteiger charge is -2.09. The van der Waals surface area contributed by atoms with Crippen LogP contribution in [0.2, 0.25) is 0 Å². The summed E-state index contributed by atoms with van der Waals surface area (Å²) in [5.41, 5.74) is 2.93. The zero-order chi connectivity index (χ0) is 14.5. The number of nitrogens with one attached hydrogen (secondary N) is 2. The first-order valence-corrected chi connectivity index (χ1v) is 8.09. The fraction of sp³-hybridized carbons (Fsp3) is 0.267. The zero-order valence-corrected chi connectivity index (χ0v) is 13.8. The number of hydrogen-bond donors (Lipinski definition) is 2. The smallest absolute Gasteiger partial charge is 0.251 e. The van der Waals surface area contributed by atoms with Crippen molar-refractivity contribution >= 4 is 38.9 Å². The number of amides is 1. The minimum atomic E-state index is -0.0340. The van der Waals surface area contributed by atoms with Gasteiger partial charge in [-0.25, -0.2) is 0 Å². The van der Waals surface area contributed by atoms with Crippen molar-refractivity contribution in [1.29, 1.82) is 0 Å². The van der Waals surface area contributed by atoms with Crippen molar-refractivity contribution in [2.45, 2.75) is 26.4 Å². The lowest BCUT2D eigenvalue weighted by molar-refractivity contribution is 0.0943. The van der Waals surface area contributed by atoms with E-state index in [1.54, 1.807) is 11.3 Å². The van der Waals surface area contributed by atoms with E-state index in [-0.39, 0.29) is 11.9 Å². The summed E-state index contributed by atoms with van der Waals surface area (Å²) < 4.78 is 1.13. The molecule has 2 rings (SSSR count). The zero-order valence-electron chi connectivity index (χ0n) is 11.4. The summed E-state index contributed by atoms with van der Waals surface area (Å²) in [4.78, 5) is 11.8. The Morgan fingerprint density at radius 1 is 1.30 bits per heavy atom. The Kier molecular flexibility index (Phi) is 5.20. The summed E-state index contributed by atoms with van der Waals surface area (Å²) in [7, 11) is 0. The number of thiophene rings is 1. The molecule has 1 aromatic heterocycles. The van der Waals surface area contributed by atoms with Gasteiger partial charge in [-0.05, 0) is 71.1 Å². The number of benzene rings is 1. The second kappa shape index (κ2) is 6.90. The van der Waals surface area contributed by atoms with Crippen LogP contribution < -0.4 is 10.6 Å². The maximum absolute atomic E-state index is 11.8. The third-order valence-corrected chi connectivity index (χ3v) is 4.24. The number of rotatable bonds is 5. The Balaban J connectivity index is 1.93. The molecule has 0 aliphatic heterocycles. The normalized spacial score (nSPS) is 10.6. The summed E-state index contributed by atoms with van der Waals surface area (Å²) in [5, 5.41) is 8.32. The maximum Gasteiger partial charge on any atom is 0.251 e. The van der Waals surface area contributed by atoms with Crippen LogP contribution in [0, 0.1) is 0 Å². The average molecular weight is 353 g/mol. The summed E-state index contributed by atoms with van der Waals surface area (Å²) in [6.45, 7) is 4.68. The largest absolute Gasteiger partial charge is 0.381 e. The Labute approximate surface area is 131 Å². The van der Waals surface area contributed by atoms with Crippen LogP contribution in [0.15, 0.2) is 39.5 Å². The highest BCUT2D eigenvalue weighted by atomic mass is 79.9. The van der Waals surface area contributed by atoms with Gasteiger partial charge in [0.25, 0.3) is 5.91 Å². The van der Waals surface area contributed by atoms with E-state index in [9.17, 15) is 4.79 Å². The Morgan fingerprint density at radius 3 is 2.55 bits per heavy atom. The molecule has 0 aliphatic carbocycles. The molecular formula is C15H17BrN2OS. The molecule has 1 amide bonds. The lowest BCUT2D eigenvalue weighted by Crippen LogP contribution is -2.29. The first-order valence-electron chi connectivity index (χ1n) is 6.42. The predicted octanol–water partition coefficient (Wildman–Crippen LogP) is 4.26. The molecule has 0 aliphatic rings. The van der Waals surface area contributed by atoms with Crippen LogP contribution in [0.4, 0.5) is 5.69 Å². The van der Waals surface area contributed by atoms with Crippen LogP contribution in [0.1, 0.15) is 29.8 Å². The number of halogens is 1. The third-order valence-electron chi connectivity index (χ3n) is 2.69. The standard InChI is InChI=1S/C15H17BrN2OS/c1-10(2)18-15(19)12-3-5-13(6-4-12)17-8-11-7-14(16)20-9-11/h3-7,9-10,17H,8H2,1-2H3,(H,18,19). The molecule has 0 atom stereocenters. The minimum absolute atomic E-state index is 0.0340. The highest BCUT2D eigenvalue weighted by molar-refractivity contribution is 9.11. The molecule has 1 aromatic carbocycles. The molecular weight excluding hydrogens is 336 g/mol. The van der Waals surface area contributed by atoms with E-state index in [1.807, 2.05) is 38.1 Å². The summed E-state index contributed by atoms with van der Waals surface area (Å²) in [6, 6.07) is 9.78. The van der Waals surface area contributed by atoms with Gasteiger partial charge in [-0.3, -0.25) is 4.79 Å². The molecule has 2 aromatic rings. The third kappa shape index (κ3) is 4.35. The fourth-order valence-electron chi connectivity index (χ4n) is 1.73. The van der Waals surface area contributed by atoms with Crippen LogP contribution in [-0.2, 0) is 6.54 Å². The van der Waals surface area contributed by atoms with Crippen molar-refractivity contribution in [2.75, 3.05) is 5.32 Å². The minimum Gasteiger partial charge on any atom is -0.381 e. The fourth-order valence-corrected chi connectivity index (χ4v) is 2.94. The molecule has 5 heteroatoms. The van der Waals surface area contributed by atoms with E-state index in [0.29, 0.717) is 5.56 Å². The highest BCUT2D eigenvalue weighted by Crippen LogP contribution is 2.21. The molecule has 0 spiro atoms. The van der Waals surface area contributed by atoms with Gasteiger partial charge in [0.2, 0.25) is 0 Å². The van der Waals surface area contributed by atoms with Gasteiger partial charge in [-0.1, -0.05) is 0 Å². The van der Waals surface area contributed by atoms with Crippen molar-refractivity contribution in [3.8, 4) is 0 Å². The van der Waals surface area contributed by atoms with E-state index in [1.165, 1.54) is 5.56 Å². The number of hydrogen-bond acceptors (Lipinski definition) is 3. The molecule has 3 nitrogen and oxygen atoms in total. The van der Waals surface area contributed by atoms with Crippen molar-refractivity contribution in [3.63, 3.8) is 0 Å². The molecule has 106 valence electrons. The van der Waals surface area contributed by atoms with Crippen molar-refractivity contribution in [3.05, 3.63) is 50.6 Å². The number of carbonyl (C=O) groups is 1. The van der Waals surface area contributed by atoms with Gasteiger partial charge >= 0.3 is 0 Å². The molecule has 0 saturated heterocycles. The SMILES string of the molecule is CC(C)NC(=O)c1ccc(NCc2csc(Br)c2)cc1. The van der Waals surface area contributed by atoms with Gasteiger partial charge in [0.05, 0.1) is 3.79 Å². The van der Waals surface area contributed by atoms with E-state index >= 15 is 0 Å². The first-order chi connectivity index (χ1) is 9.54. The van der Waals surface area contributed by atoms with E-state index in [0.717, 1.165) is 16.0 Å². The maximum atomic E-state index is 11.8. The van der Waals surface area contributed by atoms with Gasteiger partial charge in [-0.15, -0.1) is 11.3 Å². The predicted molar refractivity (Wildman–Crippen MR) is 88.4 cm³/mol. The van der Waals surface area contributed by atoms with Crippen LogP contribution in [0.3, 0.4) is 0 Å². The topological polar surface area (TPSA) is 41.1 Å². The van der Waals surface area contributed by atoms with Crippen molar-refractivity contribution in [2.24, 2.45) is 0 Å². The lowest BCUT2D eigenvalue weighted by atomic mass is 10.2. The van der Waals surface area contributed by atoms with Gasteiger partial charge in [-0.2, -0.15) is 0 Å². The number of anilines is 1. The van der Waals surface area contributed by atoms with Crippen LogP contribution in [-0.4, -0.2) is 11.9 Å². The Morgan fingerprint density at radius 2 is 2.00 bits per heavy atom. The molecule has 2 N–H and O–H groups in total. The quantitative estimate of drug-likeness (QED) is 0.843. The van der Waals surface area contributed by atoms with Crippen LogP contribution in [0.5, 0.6) is 0 Å². The molecule has 0 saturated carbocycles. The molecule has 1 heterocycles. The average Bonchev–Trinajstić information content (AvgIpc) is 2.82. The monoisotopic (exact) mass is 352 g/mol. The second-order valence-electron chi connectivity index (χ2n) is 4.82. The van der Waals surface area contributed by atoms with Gasteiger partial charge < -0.3 is 10.6 Å². The van der Waals surface area contributed by atoms with Crippen molar-refractivity contribution in [1.82, 2.24) is 5.32 Å². The summed E-state index contributed by atoms with van der Waals surface area (Å²) in [6.07, 6.45) is 0. The Hall–Kier alpha value is -1.33. The highest BCUT2D eigenvalue weighted by Gasteiger charge is 2.06. The summed E-state index contributed by atoms with van der Waals surface area (Å²) in [5.74, 6) is -0.0340. The second-order valence-corrected chi connectivity index (χ2v) is 7.11.